The molecule has 9 rings (SSSR count). The second-order valence-corrected chi connectivity index (χ2v) is 13.8. The van der Waals surface area contributed by atoms with E-state index in [1.807, 2.05) is 0 Å². The van der Waals surface area contributed by atoms with E-state index in [1.54, 1.807) is 13.2 Å². The first kappa shape index (κ1) is 29.6. The molecule has 4 saturated heterocycles. The van der Waals surface area contributed by atoms with Crippen molar-refractivity contribution < 1.29 is 27.4 Å². The third-order valence-corrected chi connectivity index (χ3v) is 10.7. The van der Waals surface area contributed by atoms with Crippen molar-refractivity contribution >= 4 is 38.4 Å². The summed E-state index contributed by atoms with van der Waals surface area (Å²) in [5, 5.41) is 19.9. The van der Waals surface area contributed by atoms with Crippen LogP contribution >= 0.6 is 0 Å². The molecule has 0 saturated carbocycles. The maximum absolute atomic E-state index is 17.3. The highest BCUT2D eigenvalue weighted by Gasteiger charge is 2.47. The lowest BCUT2D eigenvalue weighted by molar-refractivity contribution is 0.108. The van der Waals surface area contributed by atoms with Crippen molar-refractivity contribution in [3.8, 4) is 22.9 Å². The smallest absolute Gasteiger partial charge is 0.319 e. The normalized spacial score (nSPS) is 24.9. The Bertz CT molecular complexity index is 2180. The Hall–Kier alpha value is -4.49. The number of phenols is 1. The number of phenolic OH excluding ortho intramolecular Hbond substituents is 1. The lowest BCUT2D eigenvalue weighted by Gasteiger charge is -2.35. The monoisotopic (exact) mass is 659 g/mol. The highest BCUT2D eigenvalue weighted by Crippen LogP contribution is 2.46. The van der Waals surface area contributed by atoms with E-state index in [0.717, 1.165) is 38.3 Å². The van der Waals surface area contributed by atoms with E-state index in [2.05, 4.69) is 25.2 Å². The molecule has 248 valence electrons. The van der Waals surface area contributed by atoms with Gasteiger partial charge in [-0.3, -0.25) is 9.58 Å². The van der Waals surface area contributed by atoms with Crippen LogP contribution in [0.2, 0.25) is 0 Å². The van der Waals surface area contributed by atoms with Crippen LogP contribution in [0.4, 0.5) is 23.4 Å². The number of nitrogens with one attached hydrogen (secondary N) is 1. The number of piperazine rings is 1. The van der Waals surface area contributed by atoms with Crippen LogP contribution in [0.5, 0.6) is 11.8 Å². The molecule has 0 amide bonds. The van der Waals surface area contributed by atoms with Crippen LogP contribution in [0, 0.1) is 17.5 Å². The summed E-state index contributed by atoms with van der Waals surface area (Å²) in [7, 11) is 1.70. The fourth-order valence-corrected chi connectivity index (χ4v) is 8.65. The number of aromatic nitrogens is 4. The minimum Gasteiger partial charge on any atom is -0.508 e. The average molecular weight is 660 g/mol. The van der Waals surface area contributed by atoms with Gasteiger partial charge in [0.25, 0.3) is 0 Å². The average Bonchev–Trinajstić information content (AvgIpc) is 3.83. The van der Waals surface area contributed by atoms with Crippen LogP contribution in [0.15, 0.2) is 42.4 Å². The van der Waals surface area contributed by atoms with Gasteiger partial charge in [-0.05, 0) is 67.8 Å². The number of aromatic hydroxyl groups is 1. The van der Waals surface area contributed by atoms with Crippen molar-refractivity contribution in [2.75, 3.05) is 37.7 Å². The molecule has 5 aromatic rings. The predicted molar refractivity (Wildman–Crippen MR) is 173 cm³/mol. The predicted octanol–water partition coefficient (Wildman–Crippen LogP) is 5.87. The van der Waals surface area contributed by atoms with Crippen molar-refractivity contribution in [2.24, 2.45) is 7.05 Å². The molecule has 0 aliphatic carbocycles. The molecule has 9 nitrogen and oxygen atoms in total. The zero-order chi connectivity index (χ0) is 32.9. The SMILES string of the molecule is Cn1cc2c(n1)c(-c1cc(O)cc3ccc(F)c(F)c13)c(F)c1nc(OC[C@@]34CCCN3C/C(=C\F)C4)nc(N3C[C@H]4CC[C@@H](C3)N4)c12. The number of ether oxygens (including phenoxy) is 1. The Balaban J connectivity index is 1.28. The largest absolute Gasteiger partial charge is 0.508 e. The number of aryl methyl sites for hydroxylation is 1. The molecule has 4 fully saturated rings. The quantitative estimate of drug-likeness (QED) is 0.227. The number of halogens is 4. The minimum absolute atomic E-state index is 0.0200. The Morgan fingerprint density at radius 3 is 2.67 bits per heavy atom. The third kappa shape index (κ3) is 4.47. The van der Waals surface area contributed by atoms with Gasteiger partial charge < -0.3 is 20.1 Å². The molecule has 0 unspecified atom stereocenters. The molecule has 2 bridgehead atoms. The molecule has 3 aromatic carbocycles. The Kier molecular flexibility index (Phi) is 6.64. The molecule has 2 N–H and O–H groups in total. The number of fused-ring (bicyclic) bond motifs is 7. The van der Waals surface area contributed by atoms with Crippen molar-refractivity contribution in [3.05, 3.63) is 59.8 Å². The first-order valence-electron chi connectivity index (χ1n) is 16.4. The van der Waals surface area contributed by atoms with Crippen molar-refractivity contribution in [1.29, 1.82) is 0 Å². The molecule has 4 aliphatic rings. The number of anilines is 1. The van der Waals surface area contributed by atoms with Crippen LogP contribution in [0.3, 0.4) is 0 Å². The number of hydrogen-bond donors (Lipinski definition) is 2. The molecule has 4 aliphatic heterocycles. The van der Waals surface area contributed by atoms with Gasteiger partial charge in [-0.2, -0.15) is 15.1 Å². The van der Waals surface area contributed by atoms with E-state index < -0.39 is 23.0 Å². The zero-order valence-corrected chi connectivity index (χ0v) is 26.2. The molecule has 6 heterocycles. The Morgan fingerprint density at radius 2 is 1.88 bits per heavy atom. The van der Waals surface area contributed by atoms with Crippen molar-refractivity contribution in [3.63, 3.8) is 0 Å². The number of benzene rings is 3. The van der Waals surface area contributed by atoms with Gasteiger partial charge >= 0.3 is 6.01 Å². The van der Waals surface area contributed by atoms with Gasteiger partial charge in [-0.1, -0.05) is 6.07 Å². The highest BCUT2D eigenvalue weighted by atomic mass is 19.2. The van der Waals surface area contributed by atoms with Crippen LogP contribution in [0.1, 0.15) is 32.1 Å². The van der Waals surface area contributed by atoms with Gasteiger partial charge in [-0.25, -0.2) is 17.6 Å². The van der Waals surface area contributed by atoms with Crippen molar-refractivity contribution in [1.82, 2.24) is 30.0 Å². The summed E-state index contributed by atoms with van der Waals surface area (Å²) in [6.45, 7) is 2.88. The van der Waals surface area contributed by atoms with E-state index in [4.69, 9.17) is 9.72 Å². The van der Waals surface area contributed by atoms with E-state index >= 15 is 8.78 Å². The lowest BCUT2D eigenvalue weighted by atomic mass is 9.93. The molecular formula is C35H33F4N7O2. The molecule has 13 heteroatoms. The van der Waals surface area contributed by atoms with Gasteiger partial charge in [0.2, 0.25) is 0 Å². The Labute approximate surface area is 272 Å². The summed E-state index contributed by atoms with van der Waals surface area (Å²) < 4.78 is 68.9. The van der Waals surface area contributed by atoms with E-state index in [9.17, 15) is 13.9 Å². The van der Waals surface area contributed by atoms with Gasteiger partial charge in [-0.15, -0.1) is 0 Å². The molecule has 0 spiro atoms. The van der Waals surface area contributed by atoms with E-state index in [0.29, 0.717) is 54.5 Å². The van der Waals surface area contributed by atoms with Gasteiger partial charge in [0.15, 0.2) is 17.5 Å². The topological polar surface area (TPSA) is 91.6 Å². The number of nitrogens with zero attached hydrogens (tertiary/aromatic N) is 6. The first-order valence-corrected chi connectivity index (χ1v) is 16.4. The van der Waals surface area contributed by atoms with Crippen LogP contribution in [0.25, 0.3) is 43.7 Å². The van der Waals surface area contributed by atoms with Crippen LogP contribution < -0.4 is 15.0 Å². The Morgan fingerprint density at radius 1 is 1.06 bits per heavy atom. The summed E-state index contributed by atoms with van der Waals surface area (Å²) >= 11 is 0. The third-order valence-electron chi connectivity index (χ3n) is 10.7. The first-order chi connectivity index (χ1) is 23.2. The van der Waals surface area contributed by atoms with Crippen molar-refractivity contribution in [2.45, 2.75) is 49.7 Å². The molecular weight excluding hydrogens is 626 g/mol. The number of hydrogen-bond acceptors (Lipinski definition) is 8. The zero-order valence-electron chi connectivity index (χ0n) is 26.2. The fourth-order valence-electron chi connectivity index (χ4n) is 8.65. The van der Waals surface area contributed by atoms with E-state index in [1.165, 1.54) is 22.9 Å². The second kappa shape index (κ2) is 10.8. The van der Waals surface area contributed by atoms with Crippen LogP contribution in [-0.4, -0.2) is 80.2 Å². The number of rotatable bonds is 5. The van der Waals surface area contributed by atoms with Gasteiger partial charge in [0.05, 0.1) is 17.3 Å². The second-order valence-electron chi connectivity index (χ2n) is 13.8. The maximum Gasteiger partial charge on any atom is 0.319 e. The summed E-state index contributed by atoms with van der Waals surface area (Å²) in [4.78, 5) is 14.0. The van der Waals surface area contributed by atoms with Gasteiger partial charge in [0, 0.05) is 66.9 Å². The van der Waals surface area contributed by atoms with E-state index in [-0.39, 0.29) is 63.4 Å². The lowest BCUT2D eigenvalue weighted by Crippen LogP contribution is -2.51. The summed E-state index contributed by atoms with van der Waals surface area (Å²) in [6, 6.07) is 5.32. The van der Waals surface area contributed by atoms with Crippen LogP contribution in [-0.2, 0) is 7.05 Å². The summed E-state index contributed by atoms with van der Waals surface area (Å²) in [5.74, 6) is -2.81. The highest BCUT2D eigenvalue weighted by molar-refractivity contribution is 6.17. The molecule has 48 heavy (non-hydrogen) atoms. The molecule has 2 aromatic heterocycles. The maximum atomic E-state index is 17.3. The summed E-state index contributed by atoms with van der Waals surface area (Å²) in [6.07, 6.45) is 6.78. The molecule has 3 atom stereocenters. The fraction of sp³-hybridized carbons (Fsp3) is 0.400. The standard InChI is InChI=1S/C35H33F4N7O2/c1-44-16-24-28-32(30(39)27(31(24)43-44)23-10-22(47)9-19-3-6-25(37)29(38)26(19)23)41-34(42-33(28)45-14-20-4-5-21(15-45)40-20)48-17-35-7-2-8-46(35)13-18(11-35)12-36/h3,6,9-10,12,16,20-21,40,47H,2,4-5,7-8,11,13-15,17H2,1H3/b18-12-/t20-,21+,35-/m0/s1. The molecule has 0 radical (unpaired) electrons. The minimum atomic E-state index is -1.16. The summed E-state index contributed by atoms with van der Waals surface area (Å²) in [5.41, 5.74) is 0.293. The van der Waals surface area contributed by atoms with Gasteiger partial charge in [0.1, 0.15) is 29.2 Å².